The molecule has 0 aliphatic carbocycles. The van der Waals surface area contributed by atoms with Crippen molar-refractivity contribution in [1.29, 1.82) is 0 Å². The molecule has 2 aliphatic heterocycles. The summed E-state index contributed by atoms with van der Waals surface area (Å²) in [5, 5.41) is 9.10. The van der Waals surface area contributed by atoms with Crippen molar-refractivity contribution in [2.75, 3.05) is 10.3 Å². The quantitative estimate of drug-likeness (QED) is 0.675. The van der Waals surface area contributed by atoms with E-state index in [-0.39, 0.29) is 17.9 Å². The summed E-state index contributed by atoms with van der Waals surface area (Å²) in [7, 11) is 0. The van der Waals surface area contributed by atoms with Gasteiger partial charge in [0.05, 0.1) is 11.4 Å². The predicted molar refractivity (Wildman–Crippen MR) is 123 cm³/mol. The summed E-state index contributed by atoms with van der Waals surface area (Å²) in [4.78, 5) is 31.1. The molecule has 1 aromatic heterocycles. The Morgan fingerprint density at radius 2 is 1.75 bits per heavy atom. The van der Waals surface area contributed by atoms with Gasteiger partial charge < -0.3 is 10.2 Å². The molecule has 3 heterocycles. The molecule has 2 aliphatic rings. The Labute approximate surface area is 186 Å². The highest BCUT2D eigenvalue weighted by Gasteiger charge is 2.28. The van der Waals surface area contributed by atoms with Crippen LogP contribution in [0.1, 0.15) is 30.0 Å². The molecule has 0 fully saturated rings. The number of hydrazone groups is 1. The van der Waals surface area contributed by atoms with Crippen LogP contribution in [0.25, 0.3) is 0 Å². The zero-order valence-corrected chi connectivity index (χ0v) is 17.7. The Kier molecular flexibility index (Phi) is 5.15. The molecule has 0 saturated heterocycles. The van der Waals surface area contributed by atoms with Gasteiger partial charge in [-0.2, -0.15) is 5.10 Å². The molecule has 2 aromatic carbocycles. The summed E-state index contributed by atoms with van der Waals surface area (Å²) in [6.07, 6.45) is 3.96. The first-order valence-electron chi connectivity index (χ1n) is 10.6. The molecule has 1 unspecified atom stereocenters. The molecule has 32 heavy (non-hydrogen) atoms. The van der Waals surface area contributed by atoms with Crippen LogP contribution in [-0.2, 0) is 17.9 Å². The first kappa shape index (κ1) is 19.9. The lowest BCUT2D eigenvalue weighted by Crippen LogP contribution is -2.36. The first-order chi connectivity index (χ1) is 15.6. The number of rotatable bonds is 3. The molecule has 0 bridgehead atoms. The summed E-state index contributed by atoms with van der Waals surface area (Å²) in [5.74, 6) is -0.00207. The van der Waals surface area contributed by atoms with Crippen molar-refractivity contribution >= 4 is 29.0 Å². The molecular weight excluding hydrogens is 402 g/mol. The highest BCUT2D eigenvalue weighted by atomic mass is 16.2. The molecular formula is C25H23N5O2. The molecule has 3 amide bonds. The fourth-order valence-corrected chi connectivity index (χ4v) is 4.11. The molecule has 0 spiro atoms. The number of amides is 3. The van der Waals surface area contributed by atoms with Gasteiger partial charge in [0, 0.05) is 43.5 Å². The zero-order valence-electron chi connectivity index (χ0n) is 17.7. The smallest absolute Gasteiger partial charge is 0.316 e. The summed E-state index contributed by atoms with van der Waals surface area (Å²) in [5.41, 5.74) is 5.48. The Hall–Kier alpha value is -4.00. The lowest BCUT2D eigenvalue weighted by molar-refractivity contribution is -0.119. The van der Waals surface area contributed by atoms with Crippen molar-refractivity contribution in [2.45, 2.75) is 26.4 Å². The Morgan fingerprint density at radius 3 is 2.50 bits per heavy atom. The van der Waals surface area contributed by atoms with E-state index in [0.717, 1.165) is 28.1 Å². The van der Waals surface area contributed by atoms with Crippen molar-refractivity contribution < 1.29 is 9.59 Å². The average Bonchev–Trinajstić information content (AvgIpc) is 3.25. The van der Waals surface area contributed by atoms with Gasteiger partial charge in [0.1, 0.15) is 0 Å². The van der Waals surface area contributed by atoms with E-state index in [2.05, 4.69) is 15.4 Å². The minimum absolute atomic E-state index is 0.0135. The highest BCUT2D eigenvalue weighted by Crippen LogP contribution is 2.27. The fraction of sp³-hybridized carbons (Fsp3) is 0.200. The number of fused-ring (bicyclic) bond motifs is 1. The SMILES string of the molecule is CC1CC(=O)N(c2ccccc2)N=C1c1ccc(NC(=O)N2Cc3ccncc3C2)cc1. The highest BCUT2D eigenvalue weighted by molar-refractivity contribution is 6.10. The molecule has 1 N–H and O–H groups in total. The molecule has 0 saturated carbocycles. The van der Waals surface area contributed by atoms with Crippen LogP contribution in [0.4, 0.5) is 16.2 Å². The third-order valence-corrected chi connectivity index (χ3v) is 5.84. The van der Waals surface area contributed by atoms with Gasteiger partial charge in [-0.3, -0.25) is 9.78 Å². The van der Waals surface area contributed by atoms with Crippen LogP contribution >= 0.6 is 0 Å². The molecule has 0 radical (unpaired) electrons. The van der Waals surface area contributed by atoms with E-state index in [1.165, 1.54) is 5.01 Å². The van der Waals surface area contributed by atoms with Crippen LogP contribution in [0.3, 0.4) is 0 Å². The predicted octanol–water partition coefficient (Wildman–Crippen LogP) is 4.41. The van der Waals surface area contributed by atoms with Gasteiger partial charge in [0.2, 0.25) is 5.91 Å². The summed E-state index contributed by atoms with van der Waals surface area (Å²) in [6.45, 7) is 3.15. The minimum atomic E-state index is -0.141. The van der Waals surface area contributed by atoms with Crippen molar-refractivity contribution in [3.05, 3.63) is 89.7 Å². The number of pyridine rings is 1. The van der Waals surface area contributed by atoms with E-state index < -0.39 is 0 Å². The van der Waals surface area contributed by atoms with Gasteiger partial charge in [-0.1, -0.05) is 37.3 Å². The molecule has 5 rings (SSSR count). The standard InChI is InChI=1S/C25H23N5O2/c1-17-13-23(31)30(22-5-3-2-4-6-22)28-24(17)18-7-9-21(10-8-18)27-25(32)29-15-19-11-12-26-14-20(19)16-29/h2-12,14,17H,13,15-16H2,1H3,(H,27,32). The molecule has 7 heteroatoms. The lowest BCUT2D eigenvalue weighted by Gasteiger charge is -2.27. The third-order valence-electron chi connectivity index (χ3n) is 5.84. The maximum Gasteiger partial charge on any atom is 0.322 e. The number of aromatic nitrogens is 1. The van der Waals surface area contributed by atoms with Crippen LogP contribution in [0.2, 0.25) is 0 Å². The van der Waals surface area contributed by atoms with E-state index in [4.69, 9.17) is 0 Å². The van der Waals surface area contributed by atoms with E-state index in [1.807, 2.05) is 73.8 Å². The van der Waals surface area contributed by atoms with Crippen molar-refractivity contribution in [3.8, 4) is 0 Å². The number of nitrogens with zero attached hydrogens (tertiary/aromatic N) is 4. The first-order valence-corrected chi connectivity index (χ1v) is 10.6. The summed E-state index contributed by atoms with van der Waals surface area (Å²) >= 11 is 0. The monoisotopic (exact) mass is 425 g/mol. The number of hydrogen-bond acceptors (Lipinski definition) is 4. The lowest BCUT2D eigenvalue weighted by atomic mass is 9.93. The largest absolute Gasteiger partial charge is 0.322 e. The van der Waals surface area contributed by atoms with Crippen LogP contribution in [0.15, 0.2) is 78.2 Å². The Balaban J connectivity index is 1.31. The van der Waals surface area contributed by atoms with Crippen LogP contribution in [0, 0.1) is 5.92 Å². The van der Waals surface area contributed by atoms with E-state index in [0.29, 0.717) is 25.2 Å². The van der Waals surface area contributed by atoms with Crippen LogP contribution in [-0.4, -0.2) is 27.5 Å². The van der Waals surface area contributed by atoms with Gasteiger partial charge in [-0.25, -0.2) is 9.80 Å². The molecule has 1 atom stereocenters. The fourth-order valence-electron chi connectivity index (χ4n) is 4.11. The van der Waals surface area contributed by atoms with E-state index in [1.54, 1.807) is 11.1 Å². The molecule has 3 aromatic rings. The topological polar surface area (TPSA) is 77.9 Å². The summed E-state index contributed by atoms with van der Waals surface area (Å²) in [6, 6.07) is 18.9. The number of carbonyl (C=O) groups is 2. The number of hydrogen-bond donors (Lipinski definition) is 1. The second-order valence-corrected chi connectivity index (χ2v) is 8.14. The van der Waals surface area contributed by atoms with Crippen molar-refractivity contribution in [2.24, 2.45) is 11.0 Å². The second-order valence-electron chi connectivity index (χ2n) is 8.14. The zero-order chi connectivity index (χ0) is 22.1. The van der Waals surface area contributed by atoms with Gasteiger partial charge >= 0.3 is 6.03 Å². The third kappa shape index (κ3) is 3.85. The number of carbonyl (C=O) groups excluding carboxylic acids is 2. The Morgan fingerprint density at radius 1 is 1.00 bits per heavy atom. The van der Waals surface area contributed by atoms with E-state index >= 15 is 0 Å². The summed E-state index contributed by atoms with van der Waals surface area (Å²) < 4.78 is 0. The van der Waals surface area contributed by atoms with E-state index in [9.17, 15) is 9.59 Å². The number of benzene rings is 2. The van der Waals surface area contributed by atoms with Gasteiger partial charge in [0.25, 0.3) is 0 Å². The van der Waals surface area contributed by atoms with Crippen molar-refractivity contribution in [3.63, 3.8) is 0 Å². The number of urea groups is 1. The van der Waals surface area contributed by atoms with Gasteiger partial charge in [-0.05, 0) is 47.0 Å². The average molecular weight is 425 g/mol. The van der Waals surface area contributed by atoms with Crippen LogP contribution < -0.4 is 10.3 Å². The normalized spacial score (nSPS) is 17.7. The molecule has 160 valence electrons. The Bertz CT molecular complexity index is 1170. The number of para-hydroxylation sites is 1. The van der Waals surface area contributed by atoms with Gasteiger partial charge in [0.15, 0.2) is 0 Å². The second kappa shape index (κ2) is 8.26. The maximum atomic E-state index is 12.7. The van der Waals surface area contributed by atoms with Crippen molar-refractivity contribution in [1.82, 2.24) is 9.88 Å². The maximum absolute atomic E-state index is 12.7. The van der Waals surface area contributed by atoms with Crippen LogP contribution in [0.5, 0.6) is 0 Å². The van der Waals surface area contributed by atoms with Gasteiger partial charge in [-0.15, -0.1) is 0 Å². The minimum Gasteiger partial charge on any atom is -0.316 e. The number of nitrogens with one attached hydrogen (secondary N) is 1. The number of anilines is 2. The molecule has 7 nitrogen and oxygen atoms in total.